The van der Waals surface area contributed by atoms with Crippen molar-refractivity contribution in [1.29, 1.82) is 0 Å². The van der Waals surface area contributed by atoms with E-state index >= 15 is 0 Å². The van der Waals surface area contributed by atoms with Crippen LogP contribution < -0.4 is 14.8 Å². The lowest BCUT2D eigenvalue weighted by molar-refractivity contribution is -0.118. The standard InChI is InChI=1S/C33H31NO3/c1-33(2)18-25-29-23-13-8-7-12-22(23)16-17-26(29)34-31(30(25)27(35)19-33)24-14-9-15-28(36-3)32(24)37-20-21-10-5-4-6-11-21/h4-17,31,34H,18-20H2,1-3H3/t31-/m1/s1. The van der Waals surface area contributed by atoms with E-state index in [1.807, 2.05) is 48.5 Å². The Balaban J connectivity index is 1.53. The first-order valence-electron chi connectivity index (χ1n) is 12.8. The minimum atomic E-state index is -0.326. The van der Waals surface area contributed by atoms with Crippen LogP contribution in [0.4, 0.5) is 5.69 Å². The summed E-state index contributed by atoms with van der Waals surface area (Å²) in [5.41, 5.74) is 6.07. The van der Waals surface area contributed by atoms with Crippen LogP contribution >= 0.6 is 0 Å². The predicted molar refractivity (Wildman–Crippen MR) is 149 cm³/mol. The number of carbonyl (C=O) groups is 1. The Kier molecular flexibility index (Phi) is 5.75. The number of anilines is 1. The molecule has 6 rings (SSSR count). The number of allylic oxidation sites excluding steroid dienone is 1. The molecule has 1 heterocycles. The van der Waals surface area contributed by atoms with Crippen LogP contribution in [0.1, 0.15) is 49.4 Å². The number of carbonyl (C=O) groups excluding carboxylic acids is 1. The molecule has 37 heavy (non-hydrogen) atoms. The number of hydrogen-bond acceptors (Lipinski definition) is 4. The molecular weight excluding hydrogens is 458 g/mol. The van der Waals surface area contributed by atoms with Gasteiger partial charge in [0.1, 0.15) is 6.61 Å². The minimum absolute atomic E-state index is 0.104. The van der Waals surface area contributed by atoms with Gasteiger partial charge in [-0.2, -0.15) is 0 Å². The van der Waals surface area contributed by atoms with Crippen molar-refractivity contribution in [2.24, 2.45) is 5.41 Å². The zero-order chi connectivity index (χ0) is 25.6. The molecule has 1 aliphatic heterocycles. The second-order valence-corrected chi connectivity index (χ2v) is 10.8. The van der Waals surface area contributed by atoms with Gasteiger partial charge in [-0.1, -0.05) is 86.6 Å². The summed E-state index contributed by atoms with van der Waals surface area (Å²) in [6, 6.07) is 28.4. The lowest BCUT2D eigenvalue weighted by Crippen LogP contribution is -2.33. The van der Waals surface area contributed by atoms with Gasteiger partial charge < -0.3 is 14.8 Å². The van der Waals surface area contributed by atoms with Crippen LogP contribution in [0.2, 0.25) is 0 Å². The summed E-state index contributed by atoms with van der Waals surface area (Å²) in [5.74, 6) is 1.52. The first-order valence-corrected chi connectivity index (χ1v) is 12.8. The largest absolute Gasteiger partial charge is 0.493 e. The number of nitrogens with one attached hydrogen (secondary N) is 1. The Morgan fingerprint density at radius 2 is 1.68 bits per heavy atom. The van der Waals surface area contributed by atoms with Crippen molar-refractivity contribution in [3.63, 3.8) is 0 Å². The third-order valence-electron chi connectivity index (χ3n) is 7.51. The molecule has 0 bridgehead atoms. The van der Waals surface area contributed by atoms with Crippen LogP contribution in [0.3, 0.4) is 0 Å². The maximum atomic E-state index is 13.8. The van der Waals surface area contributed by atoms with Gasteiger partial charge in [-0.05, 0) is 45.9 Å². The van der Waals surface area contributed by atoms with Crippen LogP contribution in [-0.2, 0) is 11.4 Å². The molecule has 0 aromatic heterocycles. The van der Waals surface area contributed by atoms with Gasteiger partial charge in [-0.25, -0.2) is 0 Å². The molecular formula is C33H31NO3. The number of benzene rings is 4. The molecule has 4 aromatic rings. The predicted octanol–water partition coefficient (Wildman–Crippen LogP) is 7.74. The highest BCUT2D eigenvalue weighted by Crippen LogP contribution is 2.53. The zero-order valence-electron chi connectivity index (χ0n) is 21.5. The molecule has 0 saturated carbocycles. The fourth-order valence-electron chi connectivity index (χ4n) is 5.88. The molecule has 0 amide bonds. The van der Waals surface area contributed by atoms with Crippen LogP contribution in [-0.4, -0.2) is 12.9 Å². The summed E-state index contributed by atoms with van der Waals surface area (Å²) in [6.07, 6.45) is 1.37. The third kappa shape index (κ3) is 4.17. The lowest BCUT2D eigenvalue weighted by atomic mass is 9.67. The van der Waals surface area contributed by atoms with Gasteiger partial charge in [0.15, 0.2) is 17.3 Å². The first kappa shape index (κ1) is 23.4. The van der Waals surface area contributed by atoms with E-state index in [2.05, 4.69) is 55.6 Å². The molecule has 0 fully saturated rings. The summed E-state index contributed by atoms with van der Waals surface area (Å²) in [7, 11) is 1.66. The number of rotatable bonds is 5. The topological polar surface area (TPSA) is 47.6 Å². The minimum Gasteiger partial charge on any atom is -0.493 e. The lowest BCUT2D eigenvalue weighted by Gasteiger charge is -2.40. The van der Waals surface area contributed by atoms with Crippen LogP contribution in [0.25, 0.3) is 16.3 Å². The molecule has 4 nitrogen and oxygen atoms in total. The van der Waals surface area contributed by atoms with Crippen LogP contribution in [0.15, 0.2) is 90.5 Å². The van der Waals surface area contributed by atoms with E-state index in [4.69, 9.17) is 9.47 Å². The number of hydrogen-bond donors (Lipinski definition) is 1. The van der Waals surface area contributed by atoms with Crippen molar-refractivity contribution < 1.29 is 14.3 Å². The number of ketones is 1. The second kappa shape index (κ2) is 9.11. The summed E-state index contributed by atoms with van der Waals surface area (Å²) in [6.45, 7) is 4.79. The van der Waals surface area contributed by atoms with Gasteiger partial charge >= 0.3 is 0 Å². The van der Waals surface area contributed by atoms with Gasteiger partial charge in [0, 0.05) is 28.8 Å². The quantitative estimate of drug-likeness (QED) is 0.311. The fourth-order valence-corrected chi connectivity index (χ4v) is 5.88. The number of methoxy groups -OCH3 is 1. The molecule has 0 spiro atoms. The third-order valence-corrected chi connectivity index (χ3v) is 7.51. The Labute approximate surface area is 217 Å². The number of fused-ring (bicyclic) bond motifs is 4. The monoisotopic (exact) mass is 489 g/mol. The van der Waals surface area contributed by atoms with E-state index in [9.17, 15) is 4.79 Å². The molecule has 1 atom stereocenters. The summed E-state index contributed by atoms with van der Waals surface area (Å²) in [4.78, 5) is 13.8. The van der Waals surface area contributed by atoms with Gasteiger partial charge in [0.2, 0.25) is 0 Å². The van der Waals surface area contributed by atoms with Crippen LogP contribution in [0, 0.1) is 5.41 Å². The summed E-state index contributed by atoms with van der Waals surface area (Å²) in [5, 5.41) is 6.09. The van der Waals surface area contributed by atoms with E-state index in [0.29, 0.717) is 24.5 Å². The molecule has 0 unspecified atom stereocenters. The highest BCUT2D eigenvalue weighted by molar-refractivity contribution is 6.13. The van der Waals surface area contributed by atoms with E-state index in [-0.39, 0.29) is 17.2 Å². The normalized spacial score (nSPS) is 18.1. The Morgan fingerprint density at radius 3 is 2.49 bits per heavy atom. The van der Waals surface area contributed by atoms with E-state index in [1.165, 1.54) is 10.8 Å². The second-order valence-electron chi connectivity index (χ2n) is 10.8. The van der Waals surface area contributed by atoms with Gasteiger partial charge in [-0.15, -0.1) is 0 Å². The number of para-hydroxylation sites is 1. The van der Waals surface area contributed by atoms with E-state index in [1.54, 1.807) is 7.11 Å². The van der Waals surface area contributed by atoms with Crippen molar-refractivity contribution in [1.82, 2.24) is 0 Å². The molecule has 2 aliphatic rings. The molecule has 0 saturated heterocycles. The van der Waals surface area contributed by atoms with Crippen molar-refractivity contribution in [2.45, 2.75) is 39.3 Å². The first-order chi connectivity index (χ1) is 17.9. The van der Waals surface area contributed by atoms with Crippen molar-refractivity contribution in [2.75, 3.05) is 12.4 Å². The highest BCUT2D eigenvalue weighted by Gasteiger charge is 2.41. The van der Waals surface area contributed by atoms with Gasteiger partial charge in [0.25, 0.3) is 0 Å². The van der Waals surface area contributed by atoms with Crippen LogP contribution in [0.5, 0.6) is 11.5 Å². The highest BCUT2D eigenvalue weighted by atomic mass is 16.5. The molecule has 4 aromatic carbocycles. The smallest absolute Gasteiger partial charge is 0.167 e. The van der Waals surface area contributed by atoms with Gasteiger partial charge in [0.05, 0.1) is 13.2 Å². The van der Waals surface area contributed by atoms with E-state index in [0.717, 1.165) is 39.9 Å². The number of ether oxygens (including phenoxy) is 2. The SMILES string of the molecule is COc1cccc([C@H]2Nc3ccc4ccccc4c3C3=C2C(=O)CC(C)(C)C3)c1OCc1ccccc1. The van der Waals surface area contributed by atoms with Gasteiger partial charge in [-0.3, -0.25) is 4.79 Å². The average Bonchev–Trinajstić information content (AvgIpc) is 2.90. The van der Waals surface area contributed by atoms with Crippen molar-refractivity contribution in [3.05, 3.63) is 107 Å². The molecule has 186 valence electrons. The zero-order valence-corrected chi connectivity index (χ0v) is 21.5. The Bertz CT molecular complexity index is 1530. The Morgan fingerprint density at radius 1 is 0.892 bits per heavy atom. The maximum absolute atomic E-state index is 13.8. The molecule has 0 radical (unpaired) electrons. The fraction of sp³-hybridized carbons (Fsp3) is 0.242. The maximum Gasteiger partial charge on any atom is 0.167 e. The summed E-state index contributed by atoms with van der Waals surface area (Å²) >= 11 is 0. The Hall–Kier alpha value is -4.05. The molecule has 4 heteroatoms. The molecule has 1 N–H and O–H groups in total. The number of Topliss-reactive ketones (excluding diaryl/α,β-unsaturated/α-hetero) is 1. The average molecular weight is 490 g/mol. The summed E-state index contributed by atoms with van der Waals surface area (Å²) < 4.78 is 12.1. The molecule has 1 aliphatic carbocycles. The van der Waals surface area contributed by atoms with Crippen molar-refractivity contribution >= 4 is 27.8 Å². The van der Waals surface area contributed by atoms with Crippen molar-refractivity contribution in [3.8, 4) is 11.5 Å². The van der Waals surface area contributed by atoms with E-state index < -0.39 is 0 Å².